The molecule has 1 aliphatic rings. The average molecular weight is 334 g/mol. The van der Waals surface area contributed by atoms with Crippen molar-refractivity contribution in [1.82, 2.24) is 0 Å². The highest BCUT2D eigenvalue weighted by atomic mass is 35.5. The molecule has 1 aliphatic heterocycles. The van der Waals surface area contributed by atoms with Crippen LogP contribution >= 0.6 is 11.6 Å². The van der Waals surface area contributed by atoms with E-state index in [-0.39, 0.29) is 22.6 Å². The van der Waals surface area contributed by atoms with Crippen LogP contribution in [0.3, 0.4) is 0 Å². The zero-order chi connectivity index (χ0) is 16.6. The number of anilines is 1. The Morgan fingerprint density at radius 2 is 1.91 bits per heavy atom. The van der Waals surface area contributed by atoms with Gasteiger partial charge in [0, 0.05) is 28.3 Å². The minimum atomic E-state index is -2.10. The number of non-ortho nitro benzene ring substituents is 1. The molecule has 1 N–H and O–H groups in total. The number of nitrogens with zero attached hydrogens (tertiary/aromatic N) is 2. The molecule has 23 heavy (non-hydrogen) atoms. The van der Waals surface area contributed by atoms with Crippen molar-refractivity contribution in [3.63, 3.8) is 0 Å². The van der Waals surface area contributed by atoms with E-state index < -0.39 is 17.1 Å². The zero-order valence-electron chi connectivity index (χ0n) is 11.5. The van der Waals surface area contributed by atoms with Crippen LogP contribution in [-0.2, 0) is 4.79 Å². The largest absolute Gasteiger partial charge is 0.321 e. The Morgan fingerprint density at radius 3 is 2.57 bits per heavy atom. The SMILES string of the molecule is O=C1Nc2ccc([N+](=O)[O-])cc2C(c2ccc(Cl)cc2)=NC1F. The number of nitro groups is 1. The second kappa shape index (κ2) is 5.77. The Labute approximate surface area is 134 Å². The smallest absolute Gasteiger partial charge is 0.281 e. The summed E-state index contributed by atoms with van der Waals surface area (Å²) in [5, 5.41) is 13.8. The van der Waals surface area contributed by atoms with Gasteiger partial charge >= 0.3 is 0 Å². The quantitative estimate of drug-likeness (QED) is 0.519. The molecule has 2 aromatic rings. The van der Waals surface area contributed by atoms with Crippen LogP contribution in [0.2, 0.25) is 5.02 Å². The van der Waals surface area contributed by atoms with Gasteiger partial charge < -0.3 is 5.32 Å². The van der Waals surface area contributed by atoms with Crippen LogP contribution in [0.4, 0.5) is 15.8 Å². The first-order valence-corrected chi connectivity index (χ1v) is 6.91. The van der Waals surface area contributed by atoms with Gasteiger partial charge in [-0.2, -0.15) is 0 Å². The lowest BCUT2D eigenvalue weighted by atomic mass is 10.00. The number of fused-ring (bicyclic) bond motifs is 1. The first kappa shape index (κ1) is 15.1. The summed E-state index contributed by atoms with van der Waals surface area (Å²) in [7, 11) is 0. The van der Waals surface area contributed by atoms with E-state index in [0.29, 0.717) is 10.6 Å². The molecule has 0 radical (unpaired) electrons. The van der Waals surface area contributed by atoms with Crippen molar-refractivity contribution in [2.24, 2.45) is 4.99 Å². The normalized spacial score (nSPS) is 16.9. The van der Waals surface area contributed by atoms with Crippen molar-refractivity contribution in [3.8, 4) is 0 Å². The fourth-order valence-corrected chi connectivity index (χ4v) is 2.35. The van der Waals surface area contributed by atoms with E-state index in [4.69, 9.17) is 11.6 Å². The van der Waals surface area contributed by atoms with E-state index in [1.165, 1.54) is 18.2 Å². The summed E-state index contributed by atoms with van der Waals surface area (Å²) in [5.74, 6) is -0.927. The van der Waals surface area contributed by atoms with Crippen molar-refractivity contribution in [3.05, 3.63) is 68.7 Å². The van der Waals surface area contributed by atoms with E-state index in [2.05, 4.69) is 10.3 Å². The molecule has 1 atom stereocenters. The van der Waals surface area contributed by atoms with Gasteiger partial charge in [-0.15, -0.1) is 0 Å². The van der Waals surface area contributed by atoms with Crippen LogP contribution in [0, 0.1) is 10.1 Å². The van der Waals surface area contributed by atoms with E-state index in [1.807, 2.05) is 0 Å². The molecule has 0 saturated carbocycles. The fourth-order valence-electron chi connectivity index (χ4n) is 2.22. The summed E-state index contributed by atoms with van der Waals surface area (Å²) in [6, 6.07) is 10.2. The Balaban J connectivity index is 2.22. The Morgan fingerprint density at radius 1 is 1.22 bits per heavy atom. The minimum absolute atomic E-state index is 0.145. The lowest BCUT2D eigenvalue weighted by molar-refractivity contribution is -0.384. The standard InChI is InChI=1S/C15H9ClFN3O3/c16-9-3-1-8(2-4-9)13-11-7-10(20(22)23)5-6-12(11)18-15(21)14(17)19-13/h1-7,14H,(H,18,21). The van der Waals surface area contributed by atoms with Crippen LogP contribution in [0.25, 0.3) is 0 Å². The number of halogens is 2. The van der Waals surface area contributed by atoms with E-state index in [9.17, 15) is 19.3 Å². The lowest BCUT2D eigenvalue weighted by Crippen LogP contribution is -2.21. The van der Waals surface area contributed by atoms with Crippen LogP contribution < -0.4 is 5.32 Å². The van der Waals surface area contributed by atoms with Crippen molar-refractivity contribution in [1.29, 1.82) is 0 Å². The van der Waals surface area contributed by atoms with Crippen LogP contribution in [0.15, 0.2) is 47.5 Å². The summed E-state index contributed by atoms with van der Waals surface area (Å²) < 4.78 is 13.9. The Bertz CT molecular complexity index is 836. The predicted octanol–water partition coefficient (Wildman–Crippen LogP) is 3.33. The van der Waals surface area contributed by atoms with Gasteiger partial charge in [-0.05, 0) is 18.2 Å². The topological polar surface area (TPSA) is 84.6 Å². The molecule has 8 heteroatoms. The molecule has 3 rings (SSSR count). The highest BCUT2D eigenvalue weighted by molar-refractivity contribution is 6.30. The second-order valence-electron chi connectivity index (χ2n) is 4.80. The van der Waals surface area contributed by atoms with Gasteiger partial charge in [0.15, 0.2) is 0 Å². The summed E-state index contributed by atoms with van der Waals surface area (Å²) in [6.45, 7) is 0. The van der Waals surface area contributed by atoms with Gasteiger partial charge in [0.25, 0.3) is 17.9 Å². The number of carbonyl (C=O) groups excluding carboxylic acids is 1. The van der Waals surface area contributed by atoms with Gasteiger partial charge in [0.05, 0.1) is 16.3 Å². The van der Waals surface area contributed by atoms with Gasteiger partial charge in [-0.1, -0.05) is 23.7 Å². The average Bonchev–Trinajstić information content (AvgIpc) is 2.65. The number of nitrogens with one attached hydrogen (secondary N) is 1. The summed E-state index contributed by atoms with van der Waals surface area (Å²) >= 11 is 5.83. The molecular formula is C15H9ClFN3O3. The fraction of sp³-hybridized carbons (Fsp3) is 0.0667. The summed E-state index contributed by atoms with van der Waals surface area (Å²) in [4.78, 5) is 25.9. The zero-order valence-corrected chi connectivity index (χ0v) is 12.2. The predicted molar refractivity (Wildman–Crippen MR) is 83.7 cm³/mol. The van der Waals surface area contributed by atoms with Crippen molar-refractivity contribution >= 4 is 34.6 Å². The molecule has 0 aromatic heterocycles. The molecule has 1 amide bonds. The highest BCUT2D eigenvalue weighted by Gasteiger charge is 2.26. The number of hydrogen-bond donors (Lipinski definition) is 1. The maximum absolute atomic E-state index is 13.9. The molecule has 0 aliphatic carbocycles. The number of hydrogen-bond acceptors (Lipinski definition) is 4. The molecule has 0 spiro atoms. The summed E-state index contributed by atoms with van der Waals surface area (Å²) in [5.41, 5.74) is 0.989. The third-order valence-corrected chi connectivity index (χ3v) is 3.56. The Hall–Kier alpha value is -2.80. The van der Waals surface area contributed by atoms with Gasteiger partial charge in [-0.3, -0.25) is 14.9 Å². The van der Waals surface area contributed by atoms with Crippen LogP contribution in [0.1, 0.15) is 11.1 Å². The first-order chi connectivity index (χ1) is 11.0. The number of aliphatic imine (C=N–C) groups is 1. The Kier molecular flexibility index (Phi) is 3.79. The summed E-state index contributed by atoms with van der Waals surface area (Å²) in [6.07, 6.45) is -2.10. The highest BCUT2D eigenvalue weighted by Crippen LogP contribution is 2.28. The molecule has 116 valence electrons. The molecule has 1 heterocycles. The molecule has 0 fully saturated rings. The second-order valence-corrected chi connectivity index (χ2v) is 5.23. The number of rotatable bonds is 2. The van der Waals surface area contributed by atoms with Gasteiger partial charge in [0.1, 0.15) is 0 Å². The molecular weight excluding hydrogens is 325 g/mol. The molecule has 0 bridgehead atoms. The number of benzodiazepines with no additional fused rings is 1. The maximum atomic E-state index is 13.9. The molecule has 6 nitrogen and oxygen atoms in total. The number of nitro benzene ring substituents is 1. The lowest BCUT2D eigenvalue weighted by Gasteiger charge is -2.09. The van der Waals surface area contributed by atoms with Crippen molar-refractivity contribution in [2.45, 2.75) is 6.30 Å². The number of carbonyl (C=O) groups is 1. The van der Waals surface area contributed by atoms with Gasteiger partial charge in [-0.25, -0.2) is 9.38 Å². The number of amides is 1. The maximum Gasteiger partial charge on any atom is 0.281 e. The van der Waals surface area contributed by atoms with Gasteiger partial charge in [0.2, 0.25) is 0 Å². The van der Waals surface area contributed by atoms with E-state index in [0.717, 1.165) is 0 Å². The number of alkyl halides is 1. The van der Waals surface area contributed by atoms with Crippen molar-refractivity contribution in [2.75, 3.05) is 5.32 Å². The minimum Gasteiger partial charge on any atom is -0.321 e. The van der Waals surface area contributed by atoms with E-state index in [1.54, 1.807) is 24.3 Å². The third kappa shape index (κ3) is 2.91. The van der Waals surface area contributed by atoms with Crippen molar-refractivity contribution < 1.29 is 14.1 Å². The monoisotopic (exact) mass is 333 g/mol. The van der Waals surface area contributed by atoms with E-state index >= 15 is 0 Å². The number of benzene rings is 2. The van der Waals surface area contributed by atoms with Crippen LogP contribution in [0.5, 0.6) is 0 Å². The van der Waals surface area contributed by atoms with Crippen LogP contribution in [-0.4, -0.2) is 22.8 Å². The molecule has 0 saturated heterocycles. The first-order valence-electron chi connectivity index (χ1n) is 6.53. The molecule has 1 unspecified atom stereocenters. The third-order valence-electron chi connectivity index (χ3n) is 3.30. The molecule has 2 aromatic carbocycles.